The molecule has 0 saturated heterocycles. The predicted molar refractivity (Wildman–Crippen MR) is 130 cm³/mol. The molecule has 0 aliphatic carbocycles. The fraction of sp³-hybridized carbons (Fsp3) is 0.760. The van der Waals surface area contributed by atoms with E-state index in [0.29, 0.717) is 12.2 Å². The fourth-order valence-corrected chi connectivity index (χ4v) is 6.43. The van der Waals surface area contributed by atoms with E-state index in [1.807, 2.05) is 6.92 Å². The summed E-state index contributed by atoms with van der Waals surface area (Å²) in [5.74, 6) is -1.04. The van der Waals surface area contributed by atoms with Crippen LogP contribution < -0.4 is 0 Å². The number of hydrogen-bond acceptors (Lipinski definition) is 5. The van der Waals surface area contributed by atoms with Crippen LogP contribution in [-0.4, -0.2) is 36.9 Å². The van der Waals surface area contributed by atoms with Crippen molar-refractivity contribution in [3.63, 3.8) is 0 Å². The highest BCUT2D eigenvalue weighted by molar-refractivity contribution is 6.73. The van der Waals surface area contributed by atoms with E-state index >= 15 is 0 Å². The van der Waals surface area contributed by atoms with Crippen LogP contribution in [-0.2, 0) is 18.8 Å². The van der Waals surface area contributed by atoms with Crippen molar-refractivity contribution >= 4 is 20.1 Å². The summed E-state index contributed by atoms with van der Waals surface area (Å²) >= 11 is 0. The van der Waals surface area contributed by atoms with Crippen LogP contribution in [0.25, 0.3) is 0 Å². The lowest BCUT2D eigenvalue weighted by Crippen LogP contribution is -2.44. The van der Waals surface area contributed by atoms with E-state index in [1.54, 1.807) is 47.6 Å². The largest absolute Gasteiger partial charge is 0.545 e. The zero-order valence-electron chi connectivity index (χ0n) is 21.5. The molecule has 0 heterocycles. The van der Waals surface area contributed by atoms with E-state index in [4.69, 9.17) is 9.16 Å². The van der Waals surface area contributed by atoms with Crippen molar-refractivity contribution < 1.29 is 23.9 Å². The van der Waals surface area contributed by atoms with Crippen LogP contribution in [0.5, 0.6) is 0 Å². The summed E-state index contributed by atoms with van der Waals surface area (Å²) in [7, 11) is -2.16. The van der Waals surface area contributed by atoms with Gasteiger partial charge in [-0.15, -0.1) is 6.58 Å². The number of ketones is 1. The Kier molecular flexibility index (Phi) is 11.5. The summed E-state index contributed by atoms with van der Waals surface area (Å²) in [6.07, 6.45) is 2.90. The molecule has 0 saturated carbocycles. The van der Waals surface area contributed by atoms with Gasteiger partial charge in [0.25, 0.3) is 0 Å². The highest BCUT2D eigenvalue weighted by atomic mass is 28.4. The Hall–Kier alpha value is -1.40. The summed E-state index contributed by atoms with van der Waals surface area (Å²) in [5.41, 5.74) is -1.73. The van der Waals surface area contributed by atoms with Crippen molar-refractivity contribution in [1.29, 1.82) is 0 Å². The first-order valence-electron chi connectivity index (χ1n) is 11.6. The van der Waals surface area contributed by atoms with Gasteiger partial charge in [-0.1, -0.05) is 40.7 Å². The van der Waals surface area contributed by atoms with Gasteiger partial charge in [0, 0.05) is 5.92 Å². The van der Waals surface area contributed by atoms with Crippen molar-refractivity contribution in [3.05, 3.63) is 24.5 Å². The lowest BCUT2D eigenvalue weighted by molar-refractivity contribution is -0.148. The van der Waals surface area contributed by atoms with E-state index in [9.17, 15) is 14.7 Å². The molecule has 0 bridgehead atoms. The number of Topliss-reactive ketones (excluding diaryl/α,β-unsaturated/α-hetero) is 1. The topological polar surface area (TPSA) is 72.8 Å². The van der Waals surface area contributed by atoms with Gasteiger partial charge in [-0.2, -0.15) is 0 Å². The molecule has 0 rings (SSSR count). The molecule has 0 fully saturated rings. The predicted octanol–water partition coefficient (Wildman–Crippen LogP) is 6.04. The van der Waals surface area contributed by atoms with Crippen LogP contribution >= 0.6 is 0 Å². The molecule has 3 atom stereocenters. The van der Waals surface area contributed by atoms with Gasteiger partial charge in [0.2, 0.25) is 8.32 Å². The Labute approximate surface area is 191 Å². The van der Waals surface area contributed by atoms with Gasteiger partial charge in [-0.25, -0.2) is 4.79 Å². The van der Waals surface area contributed by atoms with E-state index in [1.165, 1.54) is 6.08 Å². The highest BCUT2D eigenvalue weighted by Crippen LogP contribution is 2.38. The van der Waals surface area contributed by atoms with Gasteiger partial charge in [0.05, 0.1) is 23.4 Å². The summed E-state index contributed by atoms with van der Waals surface area (Å²) in [6, 6.07) is 2.64. The molecule has 0 aromatic rings. The monoisotopic (exact) mass is 454 g/mol. The van der Waals surface area contributed by atoms with E-state index in [0.717, 1.165) is 18.1 Å². The number of aliphatic hydroxyl groups excluding tert-OH is 1. The summed E-state index contributed by atoms with van der Waals surface area (Å²) in [5, 5.41) is 10.7. The standard InChI is InChI=1S/C25H46O5Si/c1-12-16-18(5)22(27)19(6)23(28)25(10,11)20(17-21(26)29-24(7,8)9)30-31(13-2,14-3)15-4/h12,17-19,22,27H,1,13-16H2,2-11H3/t18-,19?,22+/m0/s1. The molecular formula is C25H46O5Si. The van der Waals surface area contributed by atoms with Crippen LogP contribution in [0.2, 0.25) is 18.1 Å². The minimum absolute atomic E-state index is 0.0955. The maximum atomic E-state index is 13.5. The smallest absolute Gasteiger partial charge is 0.334 e. The number of aliphatic hydroxyl groups is 1. The van der Waals surface area contributed by atoms with Crippen LogP contribution in [0.3, 0.4) is 0 Å². The SMILES string of the molecule is C=CC[C@H](C)[C@@H](O)C(C)C(=O)C(C)(C)C(=CC(=O)OC(C)(C)C)O[Si](CC)(CC)CC. The molecule has 0 aliphatic rings. The average Bonchev–Trinajstić information content (AvgIpc) is 2.68. The molecule has 6 heteroatoms. The number of carbonyl (C=O) groups excluding carboxylic acids is 2. The average molecular weight is 455 g/mol. The van der Waals surface area contributed by atoms with E-state index in [-0.39, 0.29) is 11.7 Å². The quantitative estimate of drug-likeness (QED) is 0.121. The molecule has 0 aromatic heterocycles. The molecule has 0 aliphatic heterocycles. The van der Waals surface area contributed by atoms with Crippen molar-refractivity contribution in [1.82, 2.24) is 0 Å². The van der Waals surface area contributed by atoms with Gasteiger partial charge >= 0.3 is 5.97 Å². The van der Waals surface area contributed by atoms with Gasteiger partial charge < -0.3 is 14.3 Å². The first-order chi connectivity index (χ1) is 14.1. The number of rotatable bonds is 13. The maximum Gasteiger partial charge on any atom is 0.334 e. The molecule has 0 aromatic carbocycles. The van der Waals surface area contributed by atoms with Gasteiger partial charge in [0.1, 0.15) is 5.60 Å². The summed E-state index contributed by atoms with van der Waals surface area (Å²) in [6.45, 7) is 22.6. The molecule has 0 radical (unpaired) electrons. The third-order valence-corrected chi connectivity index (χ3v) is 10.7. The Morgan fingerprint density at radius 1 is 1.03 bits per heavy atom. The molecule has 0 spiro atoms. The highest BCUT2D eigenvalue weighted by Gasteiger charge is 2.43. The molecule has 180 valence electrons. The van der Waals surface area contributed by atoms with Gasteiger partial charge in [0.15, 0.2) is 5.78 Å². The zero-order valence-corrected chi connectivity index (χ0v) is 22.5. The second kappa shape index (κ2) is 12.0. The van der Waals surface area contributed by atoms with Crippen LogP contribution in [0.1, 0.15) is 75.7 Å². The summed E-state index contributed by atoms with van der Waals surface area (Å²) in [4.78, 5) is 26.2. The molecule has 1 unspecified atom stereocenters. The number of carbonyl (C=O) groups is 2. The Bertz CT molecular complexity index is 633. The lowest BCUT2D eigenvalue weighted by Gasteiger charge is -2.38. The fourth-order valence-electron chi connectivity index (χ4n) is 3.72. The number of esters is 1. The van der Waals surface area contributed by atoms with Crippen LogP contribution in [0, 0.1) is 17.3 Å². The molecule has 1 N–H and O–H groups in total. The van der Waals surface area contributed by atoms with Gasteiger partial charge in [-0.05, 0) is 65.1 Å². The lowest BCUT2D eigenvalue weighted by atomic mass is 9.75. The molecular weight excluding hydrogens is 408 g/mol. The second-order valence-electron chi connectivity index (χ2n) is 10.2. The first kappa shape index (κ1) is 29.6. The number of allylic oxidation sites excluding steroid dienone is 2. The molecule has 5 nitrogen and oxygen atoms in total. The first-order valence-corrected chi connectivity index (χ1v) is 14.1. The minimum atomic E-state index is -2.16. The number of hydrogen-bond donors (Lipinski definition) is 1. The number of ether oxygens (including phenoxy) is 1. The van der Waals surface area contributed by atoms with E-state index < -0.39 is 37.3 Å². The Morgan fingerprint density at radius 2 is 1.52 bits per heavy atom. The second-order valence-corrected chi connectivity index (χ2v) is 14.8. The van der Waals surface area contributed by atoms with Crippen molar-refractivity contribution in [2.24, 2.45) is 17.3 Å². The molecule has 0 amide bonds. The Morgan fingerprint density at radius 3 is 1.90 bits per heavy atom. The zero-order chi connectivity index (χ0) is 24.6. The van der Waals surface area contributed by atoms with Crippen LogP contribution in [0.4, 0.5) is 0 Å². The third-order valence-electron chi connectivity index (χ3n) is 6.19. The maximum absolute atomic E-state index is 13.5. The van der Waals surface area contributed by atoms with Gasteiger partial charge in [-0.3, -0.25) is 4.79 Å². The molecule has 31 heavy (non-hydrogen) atoms. The van der Waals surface area contributed by atoms with Crippen molar-refractivity contribution in [2.45, 2.75) is 105 Å². The van der Waals surface area contributed by atoms with E-state index in [2.05, 4.69) is 27.4 Å². The van der Waals surface area contributed by atoms with Crippen LogP contribution in [0.15, 0.2) is 24.5 Å². The van der Waals surface area contributed by atoms with Crippen molar-refractivity contribution in [3.8, 4) is 0 Å². The van der Waals surface area contributed by atoms with Crippen molar-refractivity contribution in [2.75, 3.05) is 0 Å². The Balaban J connectivity index is 6.19. The third kappa shape index (κ3) is 8.57. The minimum Gasteiger partial charge on any atom is -0.545 e. The normalized spacial score (nSPS) is 16.3. The summed E-state index contributed by atoms with van der Waals surface area (Å²) < 4.78 is 12.1.